The van der Waals surface area contributed by atoms with Crippen LogP contribution in [0.1, 0.15) is 54.0 Å². The van der Waals surface area contributed by atoms with Crippen LogP contribution < -0.4 is 10.1 Å². The number of alkyl carbamates (subject to hydrolysis) is 1. The summed E-state index contributed by atoms with van der Waals surface area (Å²) >= 11 is 0. The first kappa shape index (κ1) is 24.1. The summed E-state index contributed by atoms with van der Waals surface area (Å²) in [4.78, 5) is 16.7. The second kappa shape index (κ2) is 8.75. The number of nitrogens with one attached hydrogen (secondary N) is 1. The third kappa shape index (κ3) is 5.61. The van der Waals surface area contributed by atoms with Gasteiger partial charge in [-0.05, 0) is 77.7 Å². The molecule has 1 aliphatic heterocycles. The molecule has 7 nitrogen and oxygen atoms in total. The molecule has 2 aromatic rings. The first-order valence-electron chi connectivity index (χ1n) is 10.8. The van der Waals surface area contributed by atoms with Crippen LogP contribution in [0.2, 0.25) is 0 Å². The van der Waals surface area contributed by atoms with E-state index in [2.05, 4.69) is 10.3 Å². The number of benzene rings is 1. The Hall–Kier alpha value is -2.58. The van der Waals surface area contributed by atoms with Crippen LogP contribution in [0.3, 0.4) is 0 Å². The summed E-state index contributed by atoms with van der Waals surface area (Å²) in [5.41, 5.74) is 1.00. The molecule has 172 valence electrons. The van der Waals surface area contributed by atoms with Crippen molar-refractivity contribution in [3.05, 3.63) is 41.4 Å². The SMILES string of the molecule is COc1ccc2cc(C=C(CNC(=O)OC(C)(C)C)B3OC(C)(C)C(C)(C)O3)ccc2n1. The fourth-order valence-corrected chi connectivity index (χ4v) is 3.23. The molecular weight excluding hydrogens is 407 g/mol. The number of rotatable bonds is 5. The number of pyridine rings is 1. The zero-order valence-electron chi connectivity index (χ0n) is 20.2. The van der Waals surface area contributed by atoms with E-state index in [1.807, 2.05) is 84.9 Å². The van der Waals surface area contributed by atoms with Crippen LogP contribution in [0.5, 0.6) is 5.88 Å². The minimum Gasteiger partial charge on any atom is -0.481 e. The highest BCUT2D eigenvalue weighted by atomic mass is 16.7. The van der Waals surface area contributed by atoms with E-state index < -0.39 is 30.0 Å². The predicted molar refractivity (Wildman–Crippen MR) is 127 cm³/mol. The molecule has 1 aliphatic rings. The smallest absolute Gasteiger partial charge is 0.481 e. The first-order valence-corrected chi connectivity index (χ1v) is 10.8. The van der Waals surface area contributed by atoms with Crippen LogP contribution in [-0.4, -0.2) is 48.7 Å². The van der Waals surface area contributed by atoms with Gasteiger partial charge in [0.1, 0.15) is 5.60 Å². The van der Waals surface area contributed by atoms with E-state index in [0.29, 0.717) is 5.88 Å². The van der Waals surface area contributed by atoms with Gasteiger partial charge in [0.05, 0.1) is 23.8 Å². The molecule has 0 spiro atoms. The van der Waals surface area contributed by atoms with Gasteiger partial charge < -0.3 is 24.1 Å². The lowest BCUT2D eigenvalue weighted by atomic mass is 9.77. The Morgan fingerprint density at radius 3 is 2.38 bits per heavy atom. The summed E-state index contributed by atoms with van der Waals surface area (Å²) < 4.78 is 23.1. The molecule has 1 saturated heterocycles. The Morgan fingerprint density at radius 2 is 1.78 bits per heavy atom. The first-order chi connectivity index (χ1) is 14.8. The minimum absolute atomic E-state index is 0.227. The summed E-state index contributed by atoms with van der Waals surface area (Å²) in [6.07, 6.45) is 1.48. The monoisotopic (exact) mass is 440 g/mol. The molecule has 1 aromatic carbocycles. The Labute approximate surface area is 190 Å². The highest BCUT2D eigenvalue weighted by molar-refractivity contribution is 6.56. The van der Waals surface area contributed by atoms with Crippen molar-refractivity contribution in [2.45, 2.75) is 65.3 Å². The van der Waals surface area contributed by atoms with E-state index in [0.717, 1.165) is 21.9 Å². The molecule has 0 radical (unpaired) electrons. The molecule has 0 bridgehead atoms. The van der Waals surface area contributed by atoms with Crippen LogP contribution in [0.25, 0.3) is 17.0 Å². The second-order valence-corrected chi connectivity index (χ2v) is 9.97. The maximum Gasteiger partial charge on any atom is 0.492 e. The average Bonchev–Trinajstić information content (AvgIpc) is 2.90. The molecule has 0 saturated carbocycles. The van der Waals surface area contributed by atoms with E-state index in [4.69, 9.17) is 18.8 Å². The number of carbonyl (C=O) groups excluding carboxylic acids is 1. The van der Waals surface area contributed by atoms with Gasteiger partial charge in [-0.2, -0.15) is 0 Å². The molecule has 0 aliphatic carbocycles. The molecule has 3 rings (SSSR count). The van der Waals surface area contributed by atoms with Crippen molar-refractivity contribution in [2.75, 3.05) is 13.7 Å². The van der Waals surface area contributed by atoms with Crippen molar-refractivity contribution in [3.63, 3.8) is 0 Å². The normalized spacial score (nSPS) is 18.0. The zero-order valence-corrected chi connectivity index (χ0v) is 20.2. The van der Waals surface area contributed by atoms with Gasteiger partial charge in [-0.25, -0.2) is 9.78 Å². The summed E-state index contributed by atoms with van der Waals surface area (Å²) in [7, 11) is 0.999. The third-order valence-electron chi connectivity index (χ3n) is 5.64. The van der Waals surface area contributed by atoms with Crippen LogP contribution >= 0.6 is 0 Å². The van der Waals surface area contributed by atoms with E-state index in [-0.39, 0.29) is 6.54 Å². The summed E-state index contributed by atoms with van der Waals surface area (Å²) in [5, 5.41) is 3.80. The number of carbonyl (C=O) groups is 1. The van der Waals surface area contributed by atoms with Gasteiger partial charge in [0, 0.05) is 18.0 Å². The lowest BCUT2D eigenvalue weighted by Crippen LogP contribution is -2.41. The van der Waals surface area contributed by atoms with Gasteiger partial charge in [-0.15, -0.1) is 0 Å². The Kier molecular flexibility index (Phi) is 6.58. The summed E-state index contributed by atoms with van der Waals surface area (Å²) in [5.74, 6) is 0.570. The lowest BCUT2D eigenvalue weighted by Gasteiger charge is -2.32. The maximum atomic E-state index is 12.3. The Morgan fingerprint density at radius 1 is 1.12 bits per heavy atom. The van der Waals surface area contributed by atoms with E-state index >= 15 is 0 Å². The minimum atomic E-state index is -0.598. The molecular formula is C24H33BN2O5. The number of nitrogens with zero attached hydrogens (tertiary/aromatic N) is 1. The fourth-order valence-electron chi connectivity index (χ4n) is 3.23. The maximum absolute atomic E-state index is 12.3. The highest BCUT2D eigenvalue weighted by Gasteiger charge is 2.52. The number of aromatic nitrogens is 1. The quantitative estimate of drug-likeness (QED) is 0.674. The molecule has 1 amide bonds. The zero-order chi connectivity index (χ0) is 23.7. The number of methoxy groups -OCH3 is 1. The lowest BCUT2D eigenvalue weighted by molar-refractivity contribution is 0.00578. The van der Waals surface area contributed by atoms with Crippen LogP contribution in [-0.2, 0) is 14.0 Å². The number of amides is 1. The molecule has 0 unspecified atom stereocenters. The Balaban J connectivity index is 1.90. The molecule has 1 aromatic heterocycles. The topological polar surface area (TPSA) is 78.9 Å². The van der Waals surface area contributed by atoms with Crippen molar-refractivity contribution in [2.24, 2.45) is 0 Å². The predicted octanol–water partition coefficient (Wildman–Crippen LogP) is 4.78. The van der Waals surface area contributed by atoms with E-state index in [1.165, 1.54) is 0 Å². The number of fused-ring (bicyclic) bond motifs is 1. The highest BCUT2D eigenvalue weighted by Crippen LogP contribution is 2.38. The van der Waals surface area contributed by atoms with Gasteiger partial charge in [-0.1, -0.05) is 12.1 Å². The van der Waals surface area contributed by atoms with Gasteiger partial charge >= 0.3 is 13.2 Å². The van der Waals surface area contributed by atoms with Crippen LogP contribution in [0, 0.1) is 0 Å². The third-order valence-corrected chi connectivity index (χ3v) is 5.64. The molecule has 8 heteroatoms. The summed E-state index contributed by atoms with van der Waals surface area (Å²) in [6.45, 7) is 13.7. The van der Waals surface area contributed by atoms with Crippen molar-refractivity contribution in [1.82, 2.24) is 10.3 Å². The molecule has 0 atom stereocenters. The van der Waals surface area contributed by atoms with Crippen LogP contribution in [0.15, 0.2) is 35.8 Å². The Bertz CT molecular complexity index is 1010. The van der Waals surface area contributed by atoms with Crippen molar-refractivity contribution >= 4 is 30.2 Å². The summed E-state index contributed by atoms with van der Waals surface area (Å²) in [6, 6.07) is 9.72. The number of ether oxygens (including phenoxy) is 2. The van der Waals surface area contributed by atoms with Crippen molar-refractivity contribution in [3.8, 4) is 5.88 Å². The van der Waals surface area contributed by atoms with Gasteiger partial charge in [0.15, 0.2) is 0 Å². The fraction of sp³-hybridized carbons (Fsp3) is 0.500. The van der Waals surface area contributed by atoms with E-state index in [1.54, 1.807) is 7.11 Å². The second-order valence-electron chi connectivity index (χ2n) is 9.97. The van der Waals surface area contributed by atoms with E-state index in [9.17, 15) is 4.79 Å². The van der Waals surface area contributed by atoms with Crippen LogP contribution in [0.4, 0.5) is 4.79 Å². The van der Waals surface area contributed by atoms with Crippen molar-refractivity contribution in [1.29, 1.82) is 0 Å². The largest absolute Gasteiger partial charge is 0.492 e. The van der Waals surface area contributed by atoms with Gasteiger partial charge in [0.2, 0.25) is 5.88 Å². The average molecular weight is 440 g/mol. The number of hydrogen-bond donors (Lipinski definition) is 1. The molecule has 1 N–H and O–H groups in total. The van der Waals surface area contributed by atoms with Crippen molar-refractivity contribution < 1.29 is 23.6 Å². The van der Waals surface area contributed by atoms with Gasteiger partial charge in [0.25, 0.3) is 0 Å². The van der Waals surface area contributed by atoms with Gasteiger partial charge in [-0.3, -0.25) is 0 Å². The molecule has 2 heterocycles. The standard InChI is InChI=1S/C24H33BN2O5/c1-22(2,3)30-21(28)26-15-18(25-31-23(4,5)24(6,7)32-25)14-16-9-11-19-17(13-16)10-12-20(27-19)29-8/h9-14H,15H2,1-8H3,(H,26,28). The number of hydrogen-bond acceptors (Lipinski definition) is 6. The molecule has 32 heavy (non-hydrogen) atoms. The molecule has 1 fully saturated rings.